The number of carbonyl (C=O) groups excluding carboxylic acids is 3. The van der Waals surface area contributed by atoms with Crippen LogP contribution in [0.15, 0.2) is 24.3 Å². The highest BCUT2D eigenvalue weighted by Crippen LogP contribution is 2.30. The highest BCUT2D eigenvalue weighted by molar-refractivity contribution is 5.99. The van der Waals surface area contributed by atoms with Crippen LogP contribution in [-0.2, 0) is 20.5 Å². The Bertz CT molecular complexity index is 676. The maximum atomic E-state index is 12.8. The number of nitrogens with one attached hydrogen (secondary N) is 1. The Morgan fingerprint density at radius 2 is 2.08 bits per heavy atom. The summed E-state index contributed by atoms with van der Waals surface area (Å²) in [7, 11) is 0. The number of alkyl halides is 3. The van der Waals surface area contributed by atoms with Gasteiger partial charge in [-0.25, -0.2) is 0 Å². The van der Waals surface area contributed by atoms with Crippen molar-refractivity contribution in [1.29, 1.82) is 0 Å². The monoisotopic (exact) mass is 358 g/mol. The van der Waals surface area contributed by atoms with Crippen LogP contribution in [0.5, 0.6) is 0 Å². The smallest absolute Gasteiger partial charge is 0.416 e. The molecule has 2 rings (SSSR count). The summed E-state index contributed by atoms with van der Waals surface area (Å²) in [6, 6.07) is 2.84. The normalized spacial score (nSPS) is 17.8. The van der Waals surface area contributed by atoms with Gasteiger partial charge in [-0.15, -0.1) is 0 Å². The summed E-state index contributed by atoms with van der Waals surface area (Å²) in [4.78, 5) is 37.4. The van der Waals surface area contributed by atoms with Gasteiger partial charge in [-0.05, 0) is 25.1 Å². The molecule has 1 atom stereocenters. The van der Waals surface area contributed by atoms with Crippen molar-refractivity contribution < 1.29 is 32.3 Å². The summed E-state index contributed by atoms with van der Waals surface area (Å²) in [6.07, 6.45) is -4.94. The van der Waals surface area contributed by atoms with Crippen LogP contribution in [0.4, 0.5) is 13.2 Å². The molecule has 0 unspecified atom stereocenters. The van der Waals surface area contributed by atoms with E-state index in [1.54, 1.807) is 6.92 Å². The number of hydrogen-bond acceptors (Lipinski definition) is 4. The standard InChI is InChI=1S/C16H17F3N2O4/c1-2-25-13(22)9-12-14(23)20-6-7-21(12)15(24)10-4-3-5-11(8-10)16(17,18)19/h3-5,8,12H,2,6-7,9H2,1H3,(H,20,23)/t12-/m1/s1. The molecule has 1 aromatic rings. The summed E-state index contributed by atoms with van der Waals surface area (Å²) in [5, 5.41) is 2.53. The van der Waals surface area contributed by atoms with E-state index in [2.05, 4.69) is 5.32 Å². The van der Waals surface area contributed by atoms with E-state index in [0.29, 0.717) is 0 Å². The number of benzene rings is 1. The molecule has 0 radical (unpaired) electrons. The van der Waals surface area contributed by atoms with Crippen molar-refractivity contribution in [3.8, 4) is 0 Å². The van der Waals surface area contributed by atoms with E-state index < -0.39 is 35.6 Å². The highest BCUT2D eigenvalue weighted by atomic mass is 19.4. The van der Waals surface area contributed by atoms with Gasteiger partial charge in [-0.2, -0.15) is 13.2 Å². The molecule has 9 heteroatoms. The second kappa shape index (κ2) is 7.54. The first-order valence-corrected chi connectivity index (χ1v) is 7.65. The average molecular weight is 358 g/mol. The van der Waals surface area contributed by atoms with Crippen LogP contribution in [-0.4, -0.2) is 48.4 Å². The van der Waals surface area contributed by atoms with Crippen LogP contribution in [0.25, 0.3) is 0 Å². The van der Waals surface area contributed by atoms with Gasteiger partial charge < -0.3 is 15.0 Å². The zero-order valence-electron chi connectivity index (χ0n) is 13.4. The Kier molecular flexibility index (Phi) is 5.66. The van der Waals surface area contributed by atoms with E-state index >= 15 is 0 Å². The molecule has 0 spiro atoms. The third kappa shape index (κ3) is 4.49. The third-order valence-corrected chi connectivity index (χ3v) is 3.69. The molecule has 0 aliphatic carbocycles. The van der Waals surface area contributed by atoms with Crippen LogP contribution in [0.3, 0.4) is 0 Å². The summed E-state index contributed by atoms with van der Waals surface area (Å²) in [6.45, 7) is 1.97. The lowest BCUT2D eigenvalue weighted by atomic mass is 10.0. The Labute approximate surface area is 141 Å². The molecular weight excluding hydrogens is 341 g/mol. The lowest BCUT2D eigenvalue weighted by Crippen LogP contribution is -2.57. The average Bonchev–Trinajstić information content (AvgIpc) is 2.55. The fourth-order valence-corrected chi connectivity index (χ4v) is 2.53. The Hall–Kier alpha value is -2.58. The summed E-state index contributed by atoms with van der Waals surface area (Å²) < 4.78 is 43.2. The predicted molar refractivity (Wildman–Crippen MR) is 80.5 cm³/mol. The zero-order valence-corrected chi connectivity index (χ0v) is 13.4. The van der Waals surface area contributed by atoms with Gasteiger partial charge in [0.25, 0.3) is 5.91 Å². The third-order valence-electron chi connectivity index (χ3n) is 3.69. The van der Waals surface area contributed by atoms with Gasteiger partial charge in [0.15, 0.2) is 0 Å². The predicted octanol–water partition coefficient (Wildman–Crippen LogP) is 1.60. The lowest BCUT2D eigenvalue weighted by Gasteiger charge is -2.34. The fourth-order valence-electron chi connectivity index (χ4n) is 2.53. The van der Waals surface area contributed by atoms with Gasteiger partial charge in [0.2, 0.25) is 5.91 Å². The van der Waals surface area contributed by atoms with Gasteiger partial charge in [-0.3, -0.25) is 14.4 Å². The Morgan fingerprint density at radius 1 is 1.36 bits per heavy atom. The second-order valence-corrected chi connectivity index (χ2v) is 5.39. The molecule has 1 aliphatic heterocycles. The van der Waals surface area contributed by atoms with E-state index in [0.717, 1.165) is 23.1 Å². The highest BCUT2D eigenvalue weighted by Gasteiger charge is 2.36. The Morgan fingerprint density at radius 3 is 2.72 bits per heavy atom. The van der Waals surface area contributed by atoms with E-state index in [1.165, 1.54) is 6.07 Å². The van der Waals surface area contributed by atoms with Crippen LogP contribution in [0.2, 0.25) is 0 Å². The first kappa shape index (κ1) is 18.8. The minimum Gasteiger partial charge on any atom is -0.466 e. The summed E-state index contributed by atoms with van der Waals surface area (Å²) in [5.74, 6) is -1.94. The van der Waals surface area contributed by atoms with Gasteiger partial charge in [0.1, 0.15) is 6.04 Å². The maximum absolute atomic E-state index is 12.8. The van der Waals surface area contributed by atoms with Crippen molar-refractivity contribution in [2.45, 2.75) is 25.6 Å². The molecule has 1 heterocycles. The number of halogens is 3. The topological polar surface area (TPSA) is 75.7 Å². The van der Waals surface area contributed by atoms with Crippen LogP contribution in [0, 0.1) is 0 Å². The van der Waals surface area contributed by atoms with Gasteiger partial charge in [0.05, 0.1) is 18.6 Å². The molecule has 0 bridgehead atoms. The number of rotatable bonds is 4. The first-order chi connectivity index (χ1) is 11.7. The van der Waals surface area contributed by atoms with Gasteiger partial charge >= 0.3 is 12.1 Å². The zero-order chi connectivity index (χ0) is 18.6. The van der Waals surface area contributed by atoms with Gasteiger partial charge in [0, 0.05) is 18.7 Å². The number of ether oxygens (including phenoxy) is 1. The molecular formula is C16H17F3N2O4. The molecule has 2 amide bonds. The van der Waals surface area contributed by atoms with E-state index in [4.69, 9.17) is 4.74 Å². The van der Waals surface area contributed by atoms with Crippen molar-refractivity contribution >= 4 is 17.8 Å². The molecule has 1 fully saturated rings. The van der Waals surface area contributed by atoms with E-state index in [-0.39, 0.29) is 31.7 Å². The second-order valence-electron chi connectivity index (χ2n) is 5.39. The maximum Gasteiger partial charge on any atom is 0.416 e. The first-order valence-electron chi connectivity index (χ1n) is 7.65. The fraction of sp³-hybridized carbons (Fsp3) is 0.438. The molecule has 1 aromatic carbocycles. The largest absolute Gasteiger partial charge is 0.466 e. The quantitative estimate of drug-likeness (QED) is 0.830. The van der Waals surface area contributed by atoms with E-state index in [9.17, 15) is 27.6 Å². The summed E-state index contributed by atoms with van der Waals surface area (Å²) in [5.41, 5.74) is -1.15. The van der Waals surface area contributed by atoms with Crippen LogP contribution < -0.4 is 5.32 Å². The minimum absolute atomic E-state index is 0.0882. The molecule has 1 saturated heterocycles. The molecule has 1 N–H and O–H groups in total. The molecule has 0 aromatic heterocycles. The lowest BCUT2D eigenvalue weighted by molar-refractivity contribution is -0.147. The van der Waals surface area contributed by atoms with Crippen molar-refractivity contribution in [2.24, 2.45) is 0 Å². The van der Waals surface area contributed by atoms with Crippen LogP contribution in [0.1, 0.15) is 29.3 Å². The number of hydrogen-bond donors (Lipinski definition) is 1. The van der Waals surface area contributed by atoms with Gasteiger partial charge in [-0.1, -0.05) is 6.07 Å². The number of esters is 1. The molecule has 136 valence electrons. The molecule has 1 aliphatic rings. The molecule has 0 saturated carbocycles. The van der Waals surface area contributed by atoms with Crippen molar-refractivity contribution in [3.05, 3.63) is 35.4 Å². The number of amides is 2. The minimum atomic E-state index is -4.58. The SMILES string of the molecule is CCOC(=O)C[C@@H]1C(=O)NCCN1C(=O)c1cccc(C(F)(F)F)c1. The van der Waals surface area contributed by atoms with Crippen molar-refractivity contribution in [2.75, 3.05) is 19.7 Å². The van der Waals surface area contributed by atoms with Crippen molar-refractivity contribution in [1.82, 2.24) is 10.2 Å². The van der Waals surface area contributed by atoms with E-state index in [1.807, 2.05) is 0 Å². The molecule has 25 heavy (non-hydrogen) atoms. The number of piperazine rings is 1. The Balaban J connectivity index is 2.25. The van der Waals surface area contributed by atoms with Crippen molar-refractivity contribution in [3.63, 3.8) is 0 Å². The molecule has 6 nitrogen and oxygen atoms in total. The summed E-state index contributed by atoms with van der Waals surface area (Å²) >= 11 is 0. The number of nitrogens with zero attached hydrogens (tertiary/aromatic N) is 1. The number of carbonyl (C=O) groups is 3. The van der Waals surface area contributed by atoms with Crippen LogP contribution >= 0.6 is 0 Å².